The maximum absolute atomic E-state index is 13.0. The van der Waals surface area contributed by atoms with Crippen LogP contribution in [-0.2, 0) is 16.6 Å². The van der Waals surface area contributed by atoms with Gasteiger partial charge in [-0.1, -0.05) is 56.3 Å². The third-order valence-corrected chi connectivity index (χ3v) is 8.84. The molecule has 6 nitrogen and oxygen atoms in total. The number of carbonyl (C=O) groups is 1. The molecule has 182 valence electrons. The first-order valence-corrected chi connectivity index (χ1v) is 14.6. The highest BCUT2D eigenvalue weighted by molar-refractivity contribution is 7.98. The molecule has 0 aliphatic carbocycles. The van der Waals surface area contributed by atoms with Crippen LogP contribution < -0.4 is 5.32 Å². The van der Waals surface area contributed by atoms with E-state index in [9.17, 15) is 19.5 Å². The van der Waals surface area contributed by atoms with E-state index in [4.69, 9.17) is 4.43 Å². The third kappa shape index (κ3) is 8.88. The molecule has 8 heteroatoms. The predicted octanol–water partition coefficient (Wildman–Crippen LogP) is 3.77. The van der Waals surface area contributed by atoms with Gasteiger partial charge in [0.05, 0.1) is 11.6 Å². The van der Waals surface area contributed by atoms with Gasteiger partial charge in [-0.3, -0.25) is 4.79 Å². The highest BCUT2D eigenvalue weighted by atomic mass is 32.2. The zero-order valence-corrected chi connectivity index (χ0v) is 21.6. The fourth-order valence-electron chi connectivity index (χ4n) is 3.66. The molecule has 0 aliphatic heterocycles. The Balaban J connectivity index is 1.95. The molecule has 1 amide bonds. The Morgan fingerprint density at radius 3 is 2.27 bits per heavy atom. The first-order chi connectivity index (χ1) is 15.7. The van der Waals surface area contributed by atoms with Gasteiger partial charge >= 0.3 is 8.80 Å². The molecule has 0 saturated carbocycles. The number of rotatable bonds is 14. The molecular formula is C25H37NO5SSi. The topological polar surface area (TPSA) is 99.0 Å². The first-order valence-electron chi connectivity index (χ1n) is 11.5. The van der Waals surface area contributed by atoms with Crippen molar-refractivity contribution >= 4 is 26.5 Å². The second kappa shape index (κ2) is 13.3. The van der Waals surface area contributed by atoms with Crippen molar-refractivity contribution in [1.82, 2.24) is 5.32 Å². The van der Waals surface area contributed by atoms with E-state index >= 15 is 0 Å². The normalized spacial score (nSPS) is 13.0. The Bertz CT molecular complexity index is 844. The molecule has 0 spiro atoms. The Morgan fingerprint density at radius 1 is 1.06 bits per heavy atom. The highest BCUT2D eigenvalue weighted by Gasteiger charge is 2.34. The Kier molecular flexibility index (Phi) is 11.1. The second-order valence-electron chi connectivity index (χ2n) is 8.33. The molecule has 33 heavy (non-hydrogen) atoms. The number of amides is 1. The van der Waals surface area contributed by atoms with Crippen LogP contribution in [0.1, 0.15) is 54.6 Å². The van der Waals surface area contributed by atoms with E-state index in [1.807, 2.05) is 68.4 Å². The van der Waals surface area contributed by atoms with E-state index in [0.717, 1.165) is 22.6 Å². The number of benzene rings is 2. The van der Waals surface area contributed by atoms with Crippen molar-refractivity contribution in [3.63, 3.8) is 0 Å². The van der Waals surface area contributed by atoms with Gasteiger partial charge in [0, 0.05) is 24.5 Å². The van der Waals surface area contributed by atoms with Crippen molar-refractivity contribution in [2.75, 3.05) is 12.9 Å². The predicted molar refractivity (Wildman–Crippen MR) is 136 cm³/mol. The van der Waals surface area contributed by atoms with Crippen molar-refractivity contribution in [3.05, 3.63) is 71.3 Å². The zero-order chi connectivity index (χ0) is 24.3. The van der Waals surface area contributed by atoms with Crippen LogP contribution in [-0.4, -0.2) is 53.9 Å². The van der Waals surface area contributed by atoms with Crippen molar-refractivity contribution in [3.8, 4) is 0 Å². The van der Waals surface area contributed by atoms with Gasteiger partial charge in [-0.2, -0.15) is 11.8 Å². The lowest BCUT2D eigenvalue weighted by molar-refractivity contribution is -0.00491. The number of carbonyl (C=O) groups excluding carboxylic acids is 1. The summed E-state index contributed by atoms with van der Waals surface area (Å²) in [4.78, 5) is 32.1. The number of hydrogen-bond donors (Lipinski definition) is 4. The lowest BCUT2D eigenvalue weighted by Gasteiger charge is -2.35. The molecular weight excluding hydrogens is 454 g/mol. The van der Waals surface area contributed by atoms with Gasteiger partial charge in [-0.25, -0.2) is 0 Å². The van der Waals surface area contributed by atoms with E-state index in [0.29, 0.717) is 37.3 Å². The summed E-state index contributed by atoms with van der Waals surface area (Å²) in [5.41, 5.74) is 1.75. The minimum atomic E-state index is -3.46. The zero-order valence-electron chi connectivity index (χ0n) is 19.8. The minimum absolute atomic E-state index is 0.192. The van der Waals surface area contributed by atoms with Crippen molar-refractivity contribution < 1.29 is 23.9 Å². The van der Waals surface area contributed by atoms with E-state index in [-0.39, 0.29) is 5.91 Å². The lowest BCUT2D eigenvalue weighted by Crippen LogP contribution is -2.53. The summed E-state index contributed by atoms with van der Waals surface area (Å²) in [6.07, 6.45) is 2.35. The molecule has 0 heterocycles. The van der Waals surface area contributed by atoms with Crippen LogP contribution in [0.15, 0.2) is 54.6 Å². The molecule has 4 N–H and O–H groups in total. The van der Waals surface area contributed by atoms with Gasteiger partial charge in [0.25, 0.3) is 5.91 Å². The average Bonchev–Trinajstić information content (AvgIpc) is 2.83. The fourth-order valence-corrected chi connectivity index (χ4v) is 5.68. The first kappa shape index (κ1) is 27.6. The van der Waals surface area contributed by atoms with Crippen LogP contribution in [0.5, 0.6) is 0 Å². The molecule has 2 aromatic carbocycles. The third-order valence-electron chi connectivity index (χ3n) is 6.06. The van der Waals surface area contributed by atoms with Crippen LogP contribution in [0.3, 0.4) is 0 Å². The summed E-state index contributed by atoms with van der Waals surface area (Å²) in [5, 5.41) is 14.2. The smallest absolute Gasteiger partial charge is 0.390 e. The van der Waals surface area contributed by atoms with Crippen LogP contribution in [0.2, 0.25) is 6.04 Å². The quantitative estimate of drug-likeness (QED) is 0.237. The molecule has 0 aromatic heterocycles. The Hall–Kier alpha value is -1.68. The molecule has 1 atom stereocenters. The van der Waals surface area contributed by atoms with Gasteiger partial charge in [-0.15, -0.1) is 0 Å². The second-order valence-corrected chi connectivity index (χ2v) is 11.8. The van der Waals surface area contributed by atoms with Crippen LogP contribution >= 0.6 is 11.8 Å². The molecule has 0 aliphatic rings. The monoisotopic (exact) mass is 491 g/mol. The summed E-state index contributed by atoms with van der Waals surface area (Å²) >= 11 is 1.70. The standard InChI is InChI=1S/C25H37NO5SSi/c1-4-25(28,5-2)23(18-20-10-7-6-8-11-20)26-24(27)22-14-12-21(13-15-22)19-32-16-9-17-33(29,30)31-3/h6-8,10-15,23,28-30H,4-5,9,16-19H2,1-3H3,(H,26,27)/t23-/m0/s1. The van der Waals surface area contributed by atoms with Crippen molar-refractivity contribution in [2.45, 2.75) is 63.0 Å². The maximum atomic E-state index is 13.0. The summed E-state index contributed by atoms with van der Waals surface area (Å²) in [6.45, 7) is 3.89. The van der Waals surface area contributed by atoms with Gasteiger partial charge in [0.2, 0.25) is 0 Å². The molecule has 2 rings (SSSR count). The molecule has 0 radical (unpaired) electrons. The van der Waals surface area contributed by atoms with E-state index in [2.05, 4.69) is 5.32 Å². The maximum Gasteiger partial charge on any atom is 0.495 e. The van der Waals surface area contributed by atoms with Gasteiger partial charge in [0.15, 0.2) is 0 Å². The summed E-state index contributed by atoms with van der Waals surface area (Å²) in [5.74, 6) is 1.39. The fraction of sp³-hybridized carbons (Fsp3) is 0.480. The number of hydrogen-bond acceptors (Lipinski definition) is 6. The van der Waals surface area contributed by atoms with Gasteiger partial charge in [-0.05, 0) is 54.7 Å². The summed E-state index contributed by atoms with van der Waals surface area (Å²) < 4.78 is 4.72. The van der Waals surface area contributed by atoms with E-state index in [1.165, 1.54) is 7.11 Å². The minimum Gasteiger partial charge on any atom is -0.390 e. The van der Waals surface area contributed by atoms with Crippen LogP contribution in [0, 0.1) is 0 Å². The molecule has 0 fully saturated rings. The molecule has 0 saturated heterocycles. The summed E-state index contributed by atoms with van der Waals surface area (Å²) in [7, 11) is -2.13. The summed E-state index contributed by atoms with van der Waals surface area (Å²) in [6, 6.07) is 17.3. The average molecular weight is 492 g/mol. The van der Waals surface area contributed by atoms with E-state index < -0.39 is 20.4 Å². The Morgan fingerprint density at radius 2 is 1.70 bits per heavy atom. The number of aliphatic hydroxyl groups is 1. The van der Waals surface area contributed by atoms with E-state index in [1.54, 1.807) is 11.8 Å². The van der Waals surface area contributed by atoms with Crippen LogP contribution in [0.25, 0.3) is 0 Å². The lowest BCUT2D eigenvalue weighted by atomic mass is 9.84. The Labute approximate surface area is 202 Å². The molecule has 2 aromatic rings. The number of thioether (sulfide) groups is 1. The molecule has 0 unspecified atom stereocenters. The largest absolute Gasteiger partial charge is 0.495 e. The highest BCUT2D eigenvalue weighted by Crippen LogP contribution is 2.24. The SMILES string of the molecule is CCC(O)(CC)[C@H](Cc1ccccc1)NC(=O)c1ccc(CSCCC[Si](O)(O)OC)cc1. The number of nitrogens with one attached hydrogen (secondary N) is 1. The van der Waals surface area contributed by atoms with Gasteiger partial charge in [0.1, 0.15) is 0 Å². The van der Waals surface area contributed by atoms with Crippen molar-refractivity contribution in [2.24, 2.45) is 0 Å². The van der Waals surface area contributed by atoms with Crippen LogP contribution in [0.4, 0.5) is 0 Å². The van der Waals surface area contributed by atoms with Crippen molar-refractivity contribution in [1.29, 1.82) is 0 Å². The molecule has 0 bridgehead atoms. The van der Waals surface area contributed by atoms with Gasteiger partial charge < -0.3 is 24.4 Å².